The first-order chi connectivity index (χ1) is 8.92. The number of hydrogen-bond donors (Lipinski definition) is 1. The summed E-state index contributed by atoms with van der Waals surface area (Å²) in [7, 11) is 0. The van der Waals surface area contributed by atoms with Crippen molar-refractivity contribution in [1.82, 2.24) is 0 Å². The highest BCUT2D eigenvalue weighted by Crippen LogP contribution is 2.31. The maximum absolute atomic E-state index is 13.8. The highest BCUT2D eigenvalue weighted by atomic mass is 35.5. The number of halogens is 2. The van der Waals surface area contributed by atoms with Crippen molar-refractivity contribution in [3.63, 3.8) is 0 Å². The highest BCUT2D eigenvalue weighted by Gasteiger charge is 2.27. The van der Waals surface area contributed by atoms with Crippen molar-refractivity contribution in [3.8, 4) is 0 Å². The molecular formula is C16H16ClFO. The molecule has 19 heavy (non-hydrogen) atoms. The molecule has 2 aromatic carbocycles. The second-order valence-corrected chi connectivity index (χ2v) is 5.37. The SMILES string of the molecule is Cc1ccccc1C(C)(O)Cc1c(F)cccc1Cl. The van der Waals surface area contributed by atoms with Gasteiger partial charge in [-0.05, 0) is 37.1 Å². The molecule has 0 amide bonds. The molecule has 2 rings (SSSR count). The Bertz CT molecular complexity index is 573. The van der Waals surface area contributed by atoms with Crippen LogP contribution in [0.4, 0.5) is 4.39 Å². The zero-order valence-electron chi connectivity index (χ0n) is 11.0. The third kappa shape index (κ3) is 2.96. The van der Waals surface area contributed by atoms with E-state index in [0.29, 0.717) is 10.6 Å². The zero-order valence-corrected chi connectivity index (χ0v) is 11.7. The smallest absolute Gasteiger partial charge is 0.128 e. The summed E-state index contributed by atoms with van der Waals surface area (Å²) >= 11 is 6.01. The van der Waals surface area contributed by atoms with E-state index in [0.717, 1.165) is 11.1 Å². The number of benzene rings is 2. The minimum absolute atomic E-state index is 0.142. The Balaban J connectivity index is 2.39. The monoisotopic (exact) mass is 278 g/mol. The minimum atomic E-state index is -1.16. The molecule has 0 bridgehead atoms. The molecule has 0 fully saturated rings. The highest BCUT2D eigenvalue weighted by molar-refractivity contribution is 6.31. The van der Waals surface area contributed by atoms with Crippen LogP contribution in [0, 0.1) is 12.7 Å². The number of hydrogen-bond acceptors (Lipinski definition) is 1. The van der Waals surface area contributed by atoms with Crippen LogP contribution in [0.2, 0.25) is 5.02 Å². The van der Waals surface area contributed by atoms with Crippen molar-refractivity contribution in [2.45, 2.75) is 25.9 Å². The van der Waals surface area contributed by atoms with E-state index in [1.165, 1.54) is 6.07 Å². The molecule has 0 radical (unpaired) electrons. The van der Waals surface area contributed by atoms with Gasteiger partial charge in [-0.25, -0.2) is 4.39 Å². The van der Waals surface area contributed by atoms with Gasteiger partial charge in [0.2, 0.25) is 0 Å². The van der Waals surface area contributed by atoms with Crippen LogP contribution in [0.15, 0.2) is 42.5 Å². The molecule has 0 aliphatic heterocycles. The second-order valence-electron chi connectivity index (χ2n) is 4.97. The topological polar surface area (TPSA) is 20.2 Å². The van der Waals surface area contributed by atoms with Gasteiger partial charge >= 0.3 is 0 Å². The van der Waals surface area contributed by atoms with E-state index in [1.807, 2.05) is 31.2 Å². The molecule has 0 aliphatic rings. The van der Waals surface area contributed by atoms with Crippen molar-refractivity contribution in [3.05, 3.63) is 70.0 Å². The molecule has 0 saturated carbocycles. The van der Waals surface area contributed by atoms with Crippen molar-refractivity contribution < 1.29 is 9.50 Å². The molecule has 1 N–H and O–H groups in total. The van der Waals surface area contributed by atoms with Crippen molar-refractivity contribution in [1.29, 1.82) is 0 Å². The van der Waals surface area contributed by atoms with Crippen LogP contribution in [-0.2, 0) is 12.0 Å². The van der Waals surface area contributed by atoms with Gasteiger partial charge in [-0.3, -0.25) is 0 Å². The molecular weight excluding hydrogens is 263 g/mol. The van der Waals surface area contributed by atoms with Crippen LogP contribution in [0.1, 0.15) is 23.6 Å². The second kappa shape index (κ2) is 5.32. The first kappa shape index (κ1) is 14.0. The van der Waals surface area contributed by atoms with Crippen molar-refractivity contribution in [2.24, 2.45) is 0 Å². The van der Waals surface area contributed by atoms with E-state index < -0.39 is 5.60 Å². The first-order valence-electron chi connectivity index (χ1n) is 6.13. The summed E-state index contributed by atoms with van der Waals surface area (Å²) in [6.45, 7) is 3.60. The largest absolute Gasteiger partial charge is 0.385 e. The van der Waals surface area contributed by atoms with E-state index in [2.05, 4.69) is 0 Å². The average molecular weight is 279 g/mol. The van der Waals surface area contributed by atoms with Crippen LogP contribution in [0.3, 0.4) is 0 Å². The summed E-state index contributed by atoms with van der Waals surface area (Å²) in [6.07, 6.45) is 0.142. The van der Waals surface area contributed by atoms with E-state index >= 15 is 0 Å². The molecule has 0 saturated heterocycles. The number of aryl methyl sites for hydroxylation is 1. The first-order valence-corrected chi connectivity index (χ1v) is 6.51. The van der Waals surface area contributed by atoms with Crippen molar-refractivity contribution in [2.75, 3.05) is 0 Å². The Hall–Kier alpha value is -1.38. The van der Waals surface area contributed by atoms with Crippen LogP contribution in [-0.4, -0.2) is 5.11 Å². The molecule has 2 aromatic rings. The van der Waals surface area contributed by atoms with Gasteiger partial charge in [-0.15, -0.1) is 0 Å². The minimum Gasteiger partial charge on any atom is -0.385 e. The van der Waals surface area contributed by atoms with Gasteiger partial charge in [-0.2, -0.15) is 0 Å². The maximum Gasteiger partial charge on any atom is 0.128 e. The Morgan fingerprint density at radius 2 is 1.84 bits per heavy atom. The lowest BCUT2D eigenvalue weighted by molar-refractivity contribution is 0.0561. The Kier molecular flexibility index (Phi) is 3.93. The quantitative estimate of drug-likeness (QED) is 0.890. The summed E-state index contributed by atoms with van der Waals surface area (Å²) in [4.78, 5) is 0. The van der Waals surface area contributed by atoms with Gasteiger partial charge in [0.1, 0.15) is 5.82 Å². The summed E-state index contributed by atoms with van der Waals surface area (Å²) in [5.41, 5.74) is 0.948. The zero-order chi connectivity index (χ0) is 14.0. The van der Waals surface area contributed by atoms with Gasteiger partial charge < -0.3 is 5.11 Å². The predicted octanol–water partition coefficient (Wildman–Crippen LogP) is 4.24. The third-order valence-corrected chi connectivity index (χ3v) is 3.66. The third-order valence-electron chi connectivity index (χ3n) is 3.31. The molecule has 0 aliphatic carbocycles. The van der Waals surface area contributed by atoms with E-state index in [-0.39, 0.29) is 12.2 Å². The summed E-state index contributed by atoms with van der Waals surface area (Å²) < 4.78 is 13.8. The van der Waals surface area contributed by atoms with Crippen molar-refractivity contribution >= 4 is 11.6 Å². The lowest BCUT2D eigenvalue weighted by atomic mass is 9.86. The predicted molar refractivity (Wildman–Crippen MR) is 75.9 cm³/mol. The lowest BCUT2D eigenvalue weighted by Crippen LogP contribution is -2.26. The molecule has 1 atom stereocenters. The standard InChI is InChI=1S/C16H16ClFO/c1-11-6-3-4-7-13(11)16(2,19)10-12-14(17)8-5-9-15(12)18/h3-9,19H,10H2,1-2H3. The average Bonchev–Trinajstić information content (AvgIpc) is 2.34. The summed E-state index contributed by atoms with van der Waals surface area (Å²) in [5, 5.41) is 11.0. The Morgan fingerprint density at radius 1 is 1.16 bits per heavy atom. The van der Waals surface area contributed by atoms with Crippen LogP contribution in [0.25, 0.3) is 0 Å². The fourth-order valence-electron chi connectivity index (χ4n) is 2.32. The lowest BCUT2D eigenvalue weighted by Gasteiger charge is -2.26. The molecule has 100 valence electrons. The van der Waals surface area contributed by atoms with E-state index in [4.69, 9.17) is 11.6 Å². The fourth-order valence-corrected chi connectivity index (χ4v) is 2.55. The Labute approximate surface area is 117 Å². The fraction of sp³-hybridized carbons (Fsp3) is 0.250. The van der Waals surface area contributed by atoms with Gasteiger partial charge in [0.15, 0.2) is 0 Å². The molecule has 3 heteroatoms. The van der Waals surface area contributed by atoms with Crippen LogP contribution in [0.5, 0.6) is 0 Å². The van der Waals surface area contributed by atoms with Crippen LogP contribution >= 0.6 is 11.6 Å². The molecule has 0 spiro atoms. The molecule has 0 heterocycles. The molecule has 0 aromatic heterocycles. The van der Waals surface area contributed by atoms with Gasteiger partial charge in [0.25, 0.3) is 0 Å². The van der Waals surface area contributed by atoms with Crippen LogP contribution < -0.4 is 0 Å². The van der Waals surface area contributed by atoms with E-state index in [9.17, 15) is 9.50 Å². The van der Waals surface area contributed by atoms with Gasteiger partial charge in [0, 0.05) is 17.0 Å². The molecule has 1 nitrogen and oxygen atoms in total. The normalized spacial score (nSPS) is 14.2. The summed E-state index contributed by atoms with van der Waals surface area (Å²) in [6, 6.07) is 12.1. The maximum atomic E-state index is 13.8. The Morgan fingerprint density at radius 3 is 2.47 bits per heavy atom. The van der Waals surface area contributed by atoms with Gasteiger partial charge in [-0.1, -0.05) is 41.9 Å². The van der Waals surface area contributed by atoms with E-state index in [1.54, 1.807) is 19.1 Å². The van der Waals surface area contributed by atoms with Gasteiger partial charge in [0.05, 0.1) is 5.60 Å². The summed E-state index contributed by atoms with van der Waals surface area (Å²) in [5.74, 6) is -0.388. The number of aliphatic hydroxyl groups is 1. The number of rotatable bonds is 3. The molecule has 1 unspecified atom stereocenters.